The molecule has 0 spiro atoms. The highest BCUT2D eigenvalue weighted by molar-refractivity contribution is 5.94. The summed E-state index contributed by atoms with van der Waals surface area (Å²) in [6.07, 6.45) is 0.940. The van der Waals surface area contributed by atoms with Crippen LogP contribution < -0.4 is 10.1 Å². The highest BCUT2D eigenvalue weighted by Gasteiger charge is 2.10. The summed E-state index contributed by atoms with van der Waals surface area (Å²) in [5.74, 6) is 0.649. The van der Waals surface area contributed by atoms with Crippen LogP contribution in [0.5, 0.6) is 5.75 Å². The molecule has 1 fully saturated rings. The molecule has 1 saturated heterocycles. The molecule has 1 N–H and O–H groups in total. The number of hydrogen-bond acceptors (Lipinski definition) is 4. The second-order valence-electron chi connectivity index (χ2n) is 6.87. The van der Waals surface area contributed by atoms with Crippen LogP contribution in [0.25, 0.3) is 0 Å². The van der Waals surface area contributed by atoms with Gasteiger partial charge in [0, 0.05) is 25.2 Å². The van der Waals surface area contributed by atoms with Crippen LogP contribution in [0.3, 0.4) is 0 Å². The summed E-state index contributed by atoms with van der Waals surface area (Å²) < 4.78 is 11.2. The maximum atomic E-state index is 12.4. The van der Waals surface area contributed by atoms with Crippen LogP contribution in [0.1, 0.15) is 27.9 Å². The maximum Gasteiger partial charge on any atom is 0.251 e. The molecular formula is C22H28N2O3. The van der Waals surface area contributed by atoms with E-state index < -0.39 is 0 Å². The van der Waals surface area contributed by atoms with Gasteiger partial charge in [0.25, 0.3) is 5.91 Å². The summed E-state index contributed by atoms with van der Waals surface area (Å²) >= 11 is 0. The quantitative estimate of drug-likeness (QED) is 0.728. The van der Waals surface area contributed by atoms with E-state index >= 15 is 0 Å². The second-order valence-corrected chi connectivity index (χ2v) is 6.87. The summed E-state index contributed by atoms with van der Waals surface area (Å²) in [7, 11) is 0. The average Bonchev–Trinajstić information content (AvgIpc) is 2.70. The van der Waals surface area contributed by atoms with Crippen molar-refractivity contribution in [1.29, 1.82) is 0 Å². The number of carbonyl (C=O) groups is 1. The Balaban J connectivity index is 1.43. The zero-order chi connectivity index (χ0) is 18.9. The number of amides is 1. The Labute approximate surface area is 161 Å². The van der Waals surface area contributed by atoms with Gasteiger partial charge in [-0.05, 0) is 43.7 Å². The molecule has 0 unspecified atom stereocenters. The number of hydrogen-bond donors (Lipinski definition) is 1. The Kier molecular flexibility index (Phi) is 7.25. The minimum absolute atomic E-state index is 0.0574. The smallest absolute Gasteiger partial charge is 0.251 e. The fourth-order valence-corrected chi connectivity index (χ4v) is 3.13. The van der Waals surface area contributed by atoms with Crippen LogP contribution in [0.2, 0.25) is 0 Å². The topological polar surface area (TPSA) is 50.8 Å². The molecule has 0 radical (unpaired) electrons. The maximum absolute atomic E-state index is 12.4. The minimum Gasteiger partial charge on any atom is -0.489 e. The van der Waals surface area contributed by atoms with Gasteiger partial charge in [0.2, 0.25) is 0 Å². The number of nitrogens with zero attached hydrogens (tertiary/aromatic N) is 1. The van der Waals surface area contributed by atoms with Crippen molar-refractivity contribution in [2.24, 2.45) is 0 Å². The lowest BCUT2D eigenvalue weighted by Gasteiger charge is -2.26. The zero-order valence-corrected chi connectivity index (χ0v) is 15.9. The van der Waals surface area contributed by atoms with Gasteiger partial charge in [0.05, 0.1) is 13.2 Å². The third kappa shape index (κ3) is 6.38. The monoisotopic (exact) mass is 368 g/mol. The largest absolute Gasteiger partial charge is 0.489 e. The van der Waals surface area contributed by atoms with Crippen molar-refractivity contribution in [2.45, 2.75) is 20.0 Å². The summed E-state index contributed by atoms with van der Waals surface area (Å²) in [6, 6.07) is 15.6. The van der Waals surface area contributed by atoms with E-state index in [1.165, 1.54) is 5.56 Å². The second kappa shape index (κ2) is 10.1. The standard InChI is InChI=1S/C22H28N2O3/c1-18-5-2-6-19(15-18)17-27-21-8-3-7-20(16-21)22(25)23-9-4-10-24-11-13-26-14-12-24/h2-3,5-8,15-16H,4,9-14,17H2,1H3,(H,23,25). The number of nitrogens with one attached hydrogen (secondary N) is 1. The van der Waals surface area contributed by atoms with E-state index in [0.717, 1.165) is 44.8 Å². The van der Waals surface area contributed by atoms with Crippen LogP contribution in [-0.4, -0.2) is 50.2 Å². The first-order chi connectivity index (χ1) is 13.2. The predicted octanol–water partition coefficient (Wildman–Crippen LogP) is 3.03. The normalized spacial score (nSPS) is 14.7. The molecule has 1 heterocycles. The van der Waals surface area contributed by atoms with Crippen LogP contribution in [0.4, 0.5) is 0 Å². The summed E-state index contributed by atoms with van der Waals surface area (Å²) in [4.78, 5) is 14.7. The summed E-state index contributed by atoms with van der Waals surface area (Å²) in [5, 5.41) is 2.99. The first-order valence-electron chi connectivity index (χ1n) is 9.57. The molecule has 3 rings (SSSR count). The number of benzene rings is 2. The zero-order valence-electron chi connectivity index (χ0n) is 15.9. The predicted molar refractivity (Wildman–Crippen MR) is 106 cm³/mol. The highest BCUT2D eigenvalue weighted by atomic mass is 16.5. The van der Waals surface area contributed by atoms with Gasteiger partial charge in [0.1, 0.15) is 12.4 Å². The highest BCUT2D eigenvalue weighted by Crippen LogP contribution is 2.16. The molecule has 2 aromatic carbocycles. The molecule has 27 heavy (non-hydrogen) atoms. The lowest BCUT2D eigenvalue weighted by atomic mass is 10.1. The average molecular weight is 368 g/mol. The molecule has 0 saturated carbocycles. The van der Waals surface area contributed by atoms with Crippen LogP contribution >= 0.6 is 0 Å². The SMILES string of the molecule is Cc1cccc(COc2cccc(C(=O)NCCCN3CCOCC3)c2)c1. The van der Waals surface area contributed by atoms with Crippen molar-refractivity contribution in [3.63, 3.8) is 0 Å². The number of morpholine rings is 1. The van der Waals surface area contributed by atoms with Crippen LogP contribution in [0, 0.1) is 6.92 Å². The molecule has 144 valence electrons. The number of rotatable bonds is 8. The van der Waals surface area contributed by atoms with E-state index in [-0.39, 0.29) is 5.91 Å². The van der Waals surface area contributed by atoms with E-state index in [0.29, 0.717) is 24.5 Å². The molecule has 1 aliphatic heterocycles. The van der Waals surface area contributed by atoms with Gasteiger partial charge in [0.15, 0.2) is 0 Å². The van der Waals surface area contributed by atoms with Gasteiger partial charge in [-0.2, -0.15) is 0 Å². The molecule has 0 aromatic heterocycles. The Morgan fingerprint density at radius 1 is 1.15 bits per heavy atom. The van der Waals surface area contributed by atoms with Gasteiger partial charge in [-0.3, -0.25) is 9.69 Å². The molecule has 1 aliphatic rings. The first-order valence-corrected chi connectivity index (χ1v) is 9.57. The molecule has 5 nitrogen and oxygen atoms in total. The van der Waals surface area contributed by atoms with E-state index in [1.54, 1.807) is 6.07 Å². The van der Waals surface area contributed by atoms with Crippen molar-refractivity contribution in [3.8, 4) is 5.75 Å². The van der Waals surface area contributed by atoms with E-state index in [9.17, 15) is 4.79 Å². The summed E-state index contributed by atoms with van der Waals surface area (Å²) in [6.45, 7) is 7.79. The van der Waals surface area contributed by atoms with E-state index in [2.05, 4.69) is 29.3 Å². The molecule has 1 amide bonds. The minimum atomic E-state index is -0.0574. The summed E-state index contributed by atoms with van der Waals surface area (Å²) in [5.41, 5.74) is 2.96. The first kappa shape index (κ1) is 19.4. The van der Waals surface area contributed by atoms with E-state index in [4.69, 9.17) is 9.47 Å². The van der Waals surface area contributed by atoms with Crippen molar-refractivity contribution >= 4 is 5.91 Å². The number of ether oxygens (including phenoxy) is 2. The van der Waals surface area contributed by atoms with Crippen molar-refractivity contribution in [3.05, 3.63) is 65.2 Å². The van der Waals surface area contributed by atoms with Crippen LogP contribution in [-0.2, 0) is 11.3 Å². The Morgan fingerprint density at radius 2 is 1.96 bits per heavy atom. The fourth-order valence-electron chi connectivity index (χ4n) is 3.13. The van der Waals surface area contributed by atoms with Gasteiger partial charge in [-0.1, -0.05) is 35.9 Å². The van der Waals surface area contributed by atoms with Gasteiger partial charge >= 0.3 is 0 Å². The lowest BCUT2D eigenvalue weighted by molar-refractivity contribution is 0.0374. The van der Waals surface area contributed by atoms with Crippen molar-refractivity contribution in [2.75, 3.05) is 39.4 Å². The van der Waals surface area contributed by atoms with Gasteiger partial charge < -0.3 is 14.8 Å². The Hall–Kier alpha value is -2.37. The fraction of sp³-hybridized carbons (Fsp3) is 0.409. The molecule has 0 aliphatic carbocycles. The van der Waals surface area contributed by atoms with Gasteiger partial charge in [-0.25, -0.2) is 0 Å². The van der Waals surface area contributed by atoms with Gasteiger partial charge in [-0.15, -0.1) is 0 Å². The third-order valence-electron chi connectivity index (χ3n) is 4.62. The molecule has 0 bridgehead atoms. The molecular weight excluding hydrogens is 340 g/mol. The number of carbonyl (C=O) groups excluding carboxylic acids is 1. The number of aryl methyl sites for hydroxylation is 1. The molecule has 5 heteroatoms. The van der Waals surface area contributed by atoms with E-state index in [1.807, 2.05) is 30.3 Å². The van der Waals surface area contributed by atoms with Crippen LogP contribution in [0.15, 0.2) is 48.5 Å². The Bertz CT molecular complexity index is 742. The Morgan fingerprint density at radius 3 is 2.78 bits per heavy atom. The van der Waals surface area contributed by atoms with Crippen molar-refractivity contribution < 1.29 is 14.3 Å². The molecule has 2 aromatic rings. The van der Waals surface area contributed by atoms with Crippen molar-refractivity contribution in [1.82, 2.24) is 10.2 Å². The third-order valence-corrected chi connectivity index (χ3v) is 4.62. The molecule has 0 atom stereocenters. The lowest BCUT2D eigenvalue weighted by Crippen LogP contribution is -2.38.